The molecule has 7 nitrogen and oxygen atoms in total. The Labute approximate surface area is 189 Å². The van der Waals surface area contributed by atoms with Gasteiger partial charge in [-0.3, -0.25) is 14.6 Å². The van der Waals surface area contributed by atoms with E-state index in [0.29, 0.717) is 13.0 Å². The quantitative estimate of drug-likeness (QED) is 0.643. The number of ether oxygens (including phenoxy) is 2. The third-order valence-electron chi connectivity index (χ3n) is 5.75. The monoisotopic (exact) mass is 476 g/mol. The van der Waals surface area contributed by atoms with Crippen LogP contribution in [0.3, 0.4) is 0 Å². The van der Waals surface area contributed by atoms with Crippen molar-refractivity contribution in [3.8, 4) is 5.75 Å². The molecule has 2 heterocycles. The summed E-state index contributed by atoms with van der Waals surface area (Å²) in [7, 11) is -3.29. The van der Waals surface area contributed by atoms with Crippen LogP contribution < -0.4 is 15.8 Å². The first-order valence-electron chi connectivity index (χ1n) is 10.9. The van der Waals surface area contributed by atoms with Gasteiger partial charge in [-0.05, 0) is 25.1 Å². The van der Waals surface area contributed by atoms with Crippen molar-refractivity contribution < 1.29 is 45.1 Å². The van der Waals surface area contributed by atoms with Crippen LogP contribution in [0.2, 0.25) is 0 Å². The predicted octanol–water partition coefficient (Wildman–Crippen LogP) is 3.55. The normalized spacial score (nSPS) is 26.8. The summed E-state index contributed by atoms with van der Waals surface area (Å²) in [4.78, 5) is 28.2. The van der Waals surface area contributed by atoms with Gasteiger partial charge in [0.05, 0.1) is 11.2 Å². The number of hydrogen-bond acceptors (Lipinski definition) is 5. The maximum absolute atomic E-state index is 14.6. The number of benzene rings is 1. The number of aromatic nitrogens is 1. The molecule has 3 rings (SSSR count). The van der Waals surface area contributed by atoms with Gasteiger partial charge >= 0.3 is 6.18 Å². The molecule has 1 saturated heterocycles. The molecule has 3 N–H and O–H groups in total. The molecule has 0 saturated carbocycles. The molecular formula is C21H20F5N3O4. The van der Waals surface area contributed by atoms with Gasteiger partial charge < -0.3 is 20.5 Å². The first kappa shape index (κ1) is 20.3. The van der Waals surface area contributed by atoms with Crippen molar-refractivity contribution in [3.63, 3.8) is 0 Å². The second-order valence-electron chi connectivity index (χ2n) is 7.62. The van der Waals surface area contributed by atoms with E-state index in [0.717, 1.165) is 25.3 Å². The summed E-state index contributed by atoms with van der Waals surface area (Å²) in [5.74, 6) is -9.76. The second kappa shape index (κ2) is 8.58. The van der Waals surface area contributed by atoms with Crippen molar-refractivity contribution in [1.82, 2.24) is 4.98 Å². The summed E-state index contributed by atoms with van der Waals surface area (Å²) < 4.78 is 102. The minimum Gasteiger partial charge on any atom is -0.493 e. The average Bonchev–Trinajstić information content (AvgIpc) is 3.03. The number of nitrogens with two attached hydrogens (primary N) is 1. The number of hydrogen-bond donors (Lipinski definition) is 2. The van der Waals surface area contributed by atoms with Crippen LogP contribution in [0, 0.1) is 17.6 Å². The Morgan fingerprint density at radius 3 is 2.61 bits per heavy atom. The summed E-state index contributed by atoms with van der Waals surface area (Å²) in [5.41, 5.74) is 1.36. The van der Waals surface area contributed by atoms with E-state index in [2.05, 4.69) is 15.0 Å². The topological polar surface area (TPSA) is 104 Å². The van der Waals surface area contributed by atoms with Crippen LogP contribution >= 0.6 is 0 Å². The number of nitrogens with zero attached hydrogens (tertiary/aromatic N) is 1. The van der Waals surface area contributed by atoms with Crippen molar-refractivity contribution in [2.45, 2.75) is 37.6 Å². The summed E-state index contributed by atoms with van der Waals surface area (Å²) in [5, 5.41) is 2.28. The van der Waals surface area contributed by atoms with Crippen LogP contribution in [-0.2, 0) is 9.53 Å². The lowest BCUT2D eigenvalue weighted by atomic mass is 9.77. The van der Waals surface area contributed by atoms with Gasteiger partial charge in [0.25, 0.3) is 11.8 Å². The molecule has 1 fully saturated rings. The standard InChI is InChI=1S/C21H20F5N3O4/c1-9-14(11-4-5-12(22)15(23)16(11)32-3)17(33-20(9,2)21(24,25)26)19(31)29-10-6-7-28-13(8-10)18(27)30/h4-9,14,17H,1-3H3,(H2,27,30)(H,28,29,31)/t9-,14-,17-,20-/m1/s1/i3D3. The fourth-order valence-electron chi connectivity index (χ4n) is 3.79. The minimum absolute atomic E-state index is 0.0660. The predicted molar refractivity (Wildman–Crippen MR) is 106 cm³/mol. The highest BCUT2D eigenvalue weighted by Crippen LogP contribution is 2.55. The molecule has 1 aromatic carbocycles. The Kier molecular flexibility index (Phi) is 5.29. The van der Waals surface area contributed by atoms with E-state index in [1.54, 1.807) is 0 Å². The Hall–Kier alpha value is -3.28. The molecule has 178 valence electrons. The number of amides is 2. The van der Waals surface area contributed by atoms with Gasteiger partial charge in [0.15, 0.2) is 17.2 Å². The van der Waals surface area contributed by atoms with Gasteiger partial charge in [-0.2, -0.15) is 17.6 Å². The van der Waals surface area contributed by atoms with E-state index in [1.807, 2.05) is 0 Å². The van der Waals surface area contributed by atoms with Gasteiger partial charge in [0, 0.05) is 29.3 Å². The lowest BCUT2D eigenvalue weighted by Gasteiger charge is -2.32. The number of anilines is 1. The van der Waals surface area contributed by atoms with Crippen LogP contribution in [-0.4, -0.2) is 41.7 Å². The summed E-state index contributed by atoms with van der Waals surface area (Å²) in [6.07, 6.45) is -5.87. The minimum atomic E-state index is -5.01. The molecule has 0 aliphatic carbocycles. The fraction of sp³-hybridized carbons (Fsp3) is 0.381. The molecule has 4 atom stereocenters. The molecule has 0 unspecified atom stereocenters. The van der Waals surface area contributed by atoms with E-state index in [1.165, 1.54) is 6.07 Å². The molecule has 0 bridgehead atoms. The maximum atomic E-state index is 14.6. The van der Waals surface area contributed by atoms with Gasteiger partial charge in [-0.15, -0.1) is 0 Å². The van der Waals surface area contributed by atoms with Crippen LogP contribution in [0.4, 0.5) is 27.6 Å². The lowest BCUT2D eigenvalue weighted by molar-refractivity contribution is -0.272. The Morgan fingerprint density at radius 2 is 2.00 bits per heavy atom. The molecule has 2 aromatic rings. The van der Waals surface area contributed by atoms with E-state index in [-0.39, 0.29) is 11.4 Å². The lowest BCUT2D eigenvalue weighted by Crippen LogP contribution is -2.47. The molecular weight excluding hydrogens is 453 g/mol. The van der Waals surface area contributed by atoms with Crippen LogP contribution in [0.15, 0.2) is 30.5 Å². The summed E-state index contributed by atoms with van der Waals surface area (Å²) >= 11 is 0. The van der Waals surface area contributed by atoms with Crippen molar-refractivity contribution in [2.75, 3.05) is 12.4 Å². The first-order valence-corrected chi connectivity index (χ1v) is 9.44. The Morgan fingerprint density at radius 1 is 1.30 bits per heavy atom. The number of nitrogens with one attached hydrogen (secondary N) is 1. The Balaban J connectivity index is 2.12. The highest BCUT2D eigenvalue weighted by molar-refractivity contribution is 5.97. The van der Waals surface area contributed by atoms with Gasteiger partial charge in [0.1, 0.15) is 11.8 Å². The van der Waals surface area contributed by atoms with E-state index in [4.69, 9.17) is 14.6 Å². The molecule has 33 heavy (non-hydrogen) atoms. The smallest absolute Gasteiger partial charge is 0.417 e. The number of pyridine rings is 1. The highest BCUT2D eigenvalue weighted by Gasteiger charge is 2.65. The van der Waals surface area contributed by atoms with Crippen molar-refractivity contribution in [3.05, 3.63) is 53.4 Å². The molecule has 0 radical (unpaired) electrons. The first-order chi connectivity index (χ1) is 16.5. The number of carbonyl (C=O) groups is 2. The number of methoxy groups -OCH3 is 1. The summed E-state index contributed by atoms with van der Waals surface area (Å²) in [6, 6.07) is 3.70. The van der Waals surface area contributed by atoms with Crippen LogP contribution in [0.5, 0.6) is 5.75 Å². The van der Waals surface area contributed by atoms with E-state index < -0.39 is 71.5 Å². The maximum Gasteiger partial charge on any atom is 0.417 e. The van der Waals surface area contributed by atoms with Gasteiger partial charge in [-0.1, -0.05) is 13.0 Å². The Bertz CT molecular complexity index is 1190. The highest BCUT2D eigenvalue weighted by atomic mass is 19.4. The fourth-order valence-corrected chi connectivity index (χ4v) is 3.79. The second-order valence-corrected chi connectivity index (χ2v) is 7.62. The zero-order chi connectivity index (χ0) is 27.2. The molecule has 12 heteroatoms. The zero-order valence-corrected chi connectivity index (χ0v) is 17.2. The molecule has 2 amide bonds. The SMILES string of the molecule is [2H]C([2H])([2H])Oc1c([C@H]2[C@@H](C)[C@](C)(C(F)(F)F)O[C@H]2C(=O)Nc2ccnc(C(N)=O)c2)ccc(F)c1F. The van der Waals surface area contributed by atoms with E-state index in [9.17, 15) is 31.5 Å². The largest absolute Gasteiger partial charge is 0.493 e. The zero-order valence-electron chi connectivity index (χ0n) is 20.2. The van der Waals surface area contributed by atoms with Crippen LogP contribution in [0.1, 0.15) is 39.9 Å². The van der Waals surface area contributed by atoms with Gasteiger partial charge in [-0.25, -0.2) is 4.39 Å². The van der Waals surface area contributed by atoms with E-state index >= 15 is 0 Å². The average molecular weight is 476 g/mol. The van der Waals surface area contributed by atoms with Crippen molar-refractivity contribution in [1.29, 1.82) is 0 Å². The van der Waals surface area contributed by atoms with Crippen molar-refractivity contribution >= 4 is 17.5 Å². The van der Waals surface area contributed by atoms with Crippen LogP contribution in [0.25, 0.3) is 0 Å². The van der Waals surface area contributed by atoms with Crippen molar-refractivity contribution in [2.24, 2.45) is 11.7 Å². The molecule has 1 aliphatic heterocycles. The number of carbonyl (C=O) groups excluding carboxylic acids is 2. The van der Waals surface area contributed by atoms with Gasteiger partial charge in [0.2, 0.25) is 5.82 Å². The number of primary amides is 1. The summed E-state index contributed by atoms with van der Waals surface area (Å²) in [6.45, 7) is 1.75. The number of alkyl halides is 3. The molecule has 0 spiro atoms. The third kappa shape index (κ3) is 4.22. The third-order valence-corrected chi connectivity index (χ3v) is 5.75. The molecule has 1 aliphatic rings. The number of rotatable bonds is 5. The molecule has 1 aromatic heterocycles. The number of halogens is 5.